The van der Waals surface area contributed by atoms with Gasteiger partial charge in [0.15, 0.2) is 0 Å². The molecule has 2 atom stereocenters. The third-order valence-electron chi connectivity index (χ3n) is 4.40. The highest BCUT2D eigenvalue weighted by Crippen LogP contribution is 2.17. The standard InChI is InChI=1S/C18H30N2O/c1-15(2)20-11-12-21-18(14-20)13-19-10-9-16(3)17-7-5-4-6-8-17/h4-8,15-16,18-19H,9-14H2,1-3H3. The molecule has 1 N–H and O–H groups in total. The van der Waals surface area contributed by atoms with Crippen LogP contribution in [0, 0.1) is 0 Å². The van der Waals surface area contributed by atoms with Gasteiger partial charge in [-0.3, -0.25) is 4.90 Å². The third kappa shape index (κ3) is 5.42. The molecule has 1 saturated heterocycles. The minimum absolute atomic E-state index is 0.341. The number of ether oxygens (including phenoxy) is 1. The second-order valence-corrected chi connectivity index (χ2v) is 6.39. The van der Waals surface area contributed by atoms with Crippen molar-refractivity contribution in [1.29, 1.82) is 0 Å². The van der Waals surface area contributed by atoms with Crippen molar-refractivity contribution in [2.45, 2.75) is 45.3 Å². The number of nitrogens with one attached hydrogen (secondary N) is 1. The van der Waals surface area contributed by atoms with Gasteiger partial charge in [-0.1, -0.05) is 37.3 Å². The van der Waals surface area contributed by atoms with E-state index in [2.05, 4.69) is 61.3 Å². The van der Waals surface area contributed by atoms with E-state index in [4.69, 9.17) is 4.74 Å². The van der Waals surface area contributed by atoms with Crippen LogP contribution in [0.15, 0.2) is 30.3 Å². The van der Waals surface area contributed by atoms with Gasteiger partial charge in [0.25, 0.3) is 0 Å². The highest BCUT2D eigenvalue weighted by atomic mass is 16.5. The fraction of sp³-hybridized carbons (Fsp3) is 0.667. The Balaban J connectivity index is 1.63. The van der Waals surface area contributed by atoms with E-state index in [0.29, 0.717) is 18.1 Å². The Morgan fingerprint density at radius 3 is 2.71 bits per heavy atom. The molecule has 2 unspecified atom stereocenters. The molecule has 0 radical (unpaired) electrons. The Bertz CT molecular complexity index is 393. The van der Waals surface area contributed by atoms with Gasteiger partial charge in [0.2, 0.25) is 0 Å². The Morgan fingerprint density at radius 2 is 2.00 bits per heavy atom. The molecule has 1 aliphatic heterocycles. The van der Waals surface area contributed by atoms with Crippen molar-refractivity contribution in [2.24, 2.45) is 0 Å². The maximum absolute atomic E-state index is 5.85. The largest absolute Gasteiger partial charge is 0.374 e. The van der Waals surface area contributed by atoms with Crippen molar-refractivity contribution in [1.82, 2.24) is 10.2 Å². The minimum Gasteiger partial charge on any atom is -0.374 e. The van der Waals surface area contributed by atoms with Gasteiger partial charge in [-0.25, -0.2) is 0 Å². The molecule has 1 heterocycles. The van der Waals surface area contributed by atoms with Crippen LogP contribution in [0.1, 0.15) is 38.7 Å². The van der Waals surface area contributed by atoms with E-state index in [9.17, 15) is 0 Å². The molecule has 21 heavy (non-hydrogen) atoms. The number of benzene rings is 1. The molecular formula is C18H30N2O. The van der Waals surface area contributed by atoms with Crippen molar-refractivity contribution in [3.05, 3.63) is 35.9 Å². The Morgan fingerprint density at radius 1 is 1.24 bits per heavy atom. The van der Waals surface area contributed by atoms with Gasteiger partial charge < -0.3 is 10.1 Å². The first-order valence-corrected chi connectivity index (χ1v) is 8.28. The average Bonchev–Trinajstić information content (AvgIpc) is 2.52. The summed E-state index contributed by atoms with van der Waals surface area (Å²) in [5, 5.41) is 3.56. The summed E-state index contributed by atoms with van der Waals surface area (Å²) in [6.07, 6.45) is 1.51. The molecule has 0 amide bonds. The summed E-state index contributed by atoms with van der Waals surface area (Å²) in [5.41, 5.74) is 1.43. The molecule has 0 spiro atoms. The van der Waals surface area contributed by atoms with E-state index in [-0.39, 0.29) is 0 Å². The summed E-state index contributed by atoms with van der Waals surface area (Å²) in [6, 6.07) is 11.4. The van der Waals surface area contributed by atoms with Gasteiger partial charge in [-0.15, -0.1) is 0 Å². The fourth-order valence-electron chi connectivity index (χ4n) is 2.86. The summed E-state index contributed by atoms with van der Waals surface area (Å²) in [6.45, 7) is 11.8. The summed E-state index contributed by atoms with van der Waals surface area (Å²) < 4.78 is 5.85. The summed E-state index contributed by atoms with van der Waals surface area (Å²) in [5.74, 6) is 0.609. The van der Waals surface area contributed by atoms with Crippen LogP contribution >= 0.6 is 0 Å². The van der Waals surface area contributed by atoms with Crippen molar-refractivity contribution in [3.63, 3.8) is 0 Å². The first kappa shape index (κ1) is 16.5. The fourth-order valence-corrected chi connectivity index (χ4v) is 2.86. The molecule has 1 aromatic carbocycles. The van der Waals surface area contributed by atoms with Gasteiger partial charge in [-0.05, 0) is 38.3 Å². The molecule has 0 bridgehead atoms. The first-order valence-electron chi connectivity index (χ1n) is 8.28. The van der Waals surface area contributed by atoms with E-state index in [1.165, 1.54) is 12.0 Å². The third-order valence-corrected chi connectivity index (χ3v) is 4.40. The minimum atomic E-state index is 0.341. The maximum Gasteiger partial charge on any atom is 0.0826 e. The highest BCUT2D eigenvalue weighted by molar-refractivity contribution is 5.18. The van der Waals surface area contributed by atoms with Crippen molar-refractivity contribution in [2.75, 3.05) is 32.8 Å². The van der Waals surface area contributed by atoms with Crippen LogP contribution in [-0.4, -0.2) is 49.8 Å². The zero-order chi connectivity index (χ0) is 15.1. The van der Waals surface area contributed by atoms with Gasteiger partial charge in [0.05, 0.1) is 12.7 Å². The maximum atomic E-state index is 5.85. The lowest BCUT2D eigenvalue weighted by Gasteiger charge is -2.35. The molecular weight excluding hydrogens is 260 g/mol. The number of morpholine rings is 1. The lowest BCUT2D eigenvalue weighted by atomic mass is 9.98. The Labute approximate surface area is 129 Å². The summed E-state index contributed by atoms with van der Waals surface area (Å²) in [7, 11) is 0. The molecule has 1 fully saturated rings. The topological polar surface area (TPSA) is 24.5 Å². The van der Waals surface area contributed by atoms with E-state index >= 15 is 0 Å². The van der Waals surface area contributed by atoms with Crippen LogP contribution in [0.5, 0.6) is 0 Å². The molecule has 2 rings (SSSR count). The molecule has 0 saturated carbocycles. The predicted molar refractivity (Wildman–Crippen MR) is 88.8 cm³/mol. The predicted octanol–water partition coefficient (Wildman–Crippen LogP) is 2.88. The van der Waals surface area contributed by atoms with Crippen LogP contribution in [0.4, 0.5) is 0 Å². The first-order chi connectivity index (χ1) is 10.2. The average molecular weight is 290 g/mol. The molecule has 3 heteroatoms. The van der Waals surface area contributed by atoms with Crippen LogP contribution < -0.4 is 5.32 Å². The molecule has 1 aromatic rings. The van der Waals surface area contributed by atoms with Crippen molar-refractivity contribution in [3.8, 4) is 0 Å². The van der Waals surface area contributed by atoms with Crippen molar-refractivity contribution >= 4 is 0 Å². The molecule has 1 aliphatic rings. The van der Waals surface area contributed by atoms with Crippen LogP contribution in [-0.2, 0) is 4.74 Å². The SMILES string of the molecule is CC(CCNCC1CN(C(C)C)CCO1)c1ccccc1. The Kier molecular flexibility index (Phi) is 6.68. The van der Waals surface area contributed by atoms with Crippen molar-refractivity contribution < 1.29 is 4.74 Å². The Hall–Kier alpha value is -0.900. The van der Waals surface area contributed by atoms with Crippen LogP contribution in [0.25, 0.3) is 0 Å². The van der Waals surface area contributed by atoms with Crippen LogP contribution in [0.3, 0.4) is 0 Å². The smallest absolute Gasteiger partial charge is 0.0826 e. The van der Waals surface area contributed by atoms with Crippen LogP contribution in [0.2, 0.25) is 0 Å². The van der Waals surface area contributed by atoms with E-state index < -0.39 is 0 Å². The molecule has 0 aromatic heterocycles. The second kappa shape index (κ2) is 8.52. The van der Waals surface area contributed by atoms with Gasteiger partial charge in [-0.2, -0.15) is 0 Å². The van der Waals surface area contributed by atoms with E-state index in [0.717, 1.165) is 32.8 Å². The zero-order valence-electron chi connectivity index (χ0n) is 13.7. The normalized spacial score (nSPS) is 21.6. The van der Waals surface area contributed by atoms with E-state index in [1.54, 1.807) is 0 Å². The highest BCUT2D eigenvalue weighted by Gasteiger charge is 2.21. The number of hydrogen-bond acceptors (Lipinski definition) is 3. The van der Waals surface area contributed by atoms with Gasteiger partial charge >= 0.3 is 0 Å². The lowest BCUT2D eigenvalue weighted by molar-refractivity contribution is -0.0370. The van der Waals surface area contributed by atoms with E-state index in [1.807, 2.05) is 0 Å². The second-order valence-electron chi connectivity index (χ2n) is 6.39. The lowest BCUT2D eigenvalue weighted by Crippen LogP contribution is -2.49. The number of nitrogens with zero attached hydrogens (tertiary/aromatic N) is 1. The van der Waals surface area contributed by atoms with Gasteiger partial charge in [0.1, 0.15) is 0 Å². The van der Waals surface area contributed by atoms with Gasteiger partial charge in [0, 0.05) is 25.7 Å². The monoisotopic (exact) mass is 290 g/mol. The molecule has 118 valence electrons. The number of hydrogen-bond donors (Lipinski definition) is 1. The number of rotatable bonds is 7. The summed E-state index contributed by atoms with van der Waals surface area (Å²) in [4.78, 5) is 2.50. The summed E-state index contributed by atoms with van der Waals surface area (Å²) >= 11 is 0. The zero-order valence-corrected chi connectivity index (χ0v) is 13.7. The quantitative estimate of drug-likeness (QED) is 0.782. The molecule has 3 nitrogen and oxygen atoms in total. The molecule has 0 aliphatic carbocycles.